The Kier molecular flexibility index (Phi) is 6.57. The minimum atomic E-state index is -0.986. The van der Waals surface area contributed by atoms with Crippen LogP contribution in [0.4, 0.5) is 4.79 Å². The van der Waals surface area contributed by atoms with Crippen LogP contribution in [0, 0.1) is 0 Å². The van der Waals surface area contributed by atoms with Crippen LogP contribution in [0.15, 0.2) is 30.3 Å². The second-order valence-corrected chi connectivity index (χ2v) is 6.54. The van der Waals surface area contributed by atoms with Gasteiger partial charge < -0.3 is 14.8 Å². The van der Waals surface area contributed by atoms with Crippen LogP contribution in [0.3, 0.4) is 0 Å². The lowest BCUT2D eigenvalue weighted by molar-refractivity contribution is -0.305. The Morgan fingerprint density at radius 1 is 1.31 bits per heavy atom. The average molecular weight is 366 g/mol. The fourth-order valence-electron chi connectivity index (χ4n) is 3.03. The Balaban J connectivity index is 2.10. The van der Waals surface area contributed by atoms with Crippen molar-refractivity contribution < 1.29 is 28.8 Å². The summed E-state index contributed by atoms with van der Waals surface area (Å²) in [6, 6.07) is 8.47. The van der Waals surface area contributed by atoms with Gasteiger partial charge in [0.1, 0.15) is 18.4 Å². The molecule has 1 N–H and O–H groups in total. The molecule has 2 amide bonds. The summed E-state index contributed by atoms with van der Waals surface area (Å²) in [7, 11) is 1.35. The van der Waals surface area contributed by atoms with Crippen LogP contribution in [0.25, 0.3) is 0 Å². The van der Waals surface area contributed by atoms with Crippen molar-refractivity contribution in [2.45, 2.75) is 58.4 Å². The number of carbonyl (C=O) groups excluding carboxylic acids is 2. The Hall–Kier alpha value is -2.16. The maximum absolute atomic E-state index is 12.7. The Morgan fingerprint density at radius 3 is 2.58 bits per heavy atom. The number of hydrogen-bond donors (Lipinski definition) is 1. The lowest BCUT2D eigenvalue weighted by Crippen LogP contribution is -2.55. The van der Waals surface area contributed by atoms with Crippen LogP contribution >= 0.6 is 0 Å². The molecular formula is C18H26N2O6. The highest BCUT2D eigenvalue weighted by molar-refractivity contribution is 5.87. The summed E-state index contributed by atoms with van der Waals surface area (Å²) in [6.07, 6.45) is -1.81. The molecule has 1 aromatic carbocycles. The van der Waals surface area contributed by atoms with Crippen molar-refractivity contribution in [3.8, 4) is 0 Å². The first-order valence-electron chi connectivity index (χ1n) is 8.44. The lowest BCUT2D eigenvalue weighted by atomic mass is 10.1. The minimum Gasteiger partial charge on any atom is -0.444 e. The molecule has 0 saturated carbocycles. The van der Waals surface area contributed by atoms with Crippen LogP contribution in [-0.2, 0) is 30.7 Å². The van der Waals surface area contributed by atoms with E-state index < -0.39 is 36.1 Å². The SMILES string of the molecule is COOC(C)NC(=O)C1C(C)OC(C)(C)N1C(=O)OCc1ccccc1. The van der Waals surface area contributed by atoms with Gasteiger partial charge in [-0.1, -0.05) is 30.3 Å². The summed E-state index contributed by atoms with van der Waals surface area (Å²) in [5.41, 5.74) is -0.129. The van der Waals surface area contributed by atoms with Crippen molar-refractivity contribution in [1.29, 1.82) is 0 Å². The molecule has 1 aromatic rings. The predicted molar refractivity (Wildman–Crippen MR) is 92.6 cm³/mol. The molecule has 1 aliphatic rings. The molecule has 0 bridgehead atoms. The Labute approximate surface area is 153 Å². The smallest absolute Gasteiger partial charge is 0.413 e. The maximum Gasteiger partial charge on any atom is 0.413 e. The summed E-state index contributed by atoms with van der Waals surface area (Å²) in [5.74, 6) is -0.413. The Morgan fingerprint density at radius 2 is 1.96 bits per heavy atom. The molecule has 1 fully saturated rings. The monoisotopic (exact) mass is 366 g/mol. The topological polar surface area (TPSA) is 86.3 Å². The van der Waals surface area contributed by atoms with E-state index in [9.17, 15) is 9.59 Å². The average Bonchev–Trinajstić information content (AvgIpc) is 2.82. The largest absolute Gasteiger partial charge is 0.444 e. The molecule has 0 radical (unpaired) electrons. The second kappa shape index (κ2) is 8.48. The van der Waals surface area contributed by atoms with Gasteiger partial charge in [-0.3, -0.25) is 9.69 Å². The summed E-state index contributed by atoms with van der Waals surface area (Å²) in [4.78, 5) is 36.0. The van der Waals surface area contributed by atoms with Gasteiger partial charge in [-0.2, -0.15) is 0 Å². The Bertz CT molecular complexity index is 621. The molecule has 8 heteroatoms. The van der Waals surface area contributed by atoms with Gasteiger partial charge in [-0.15, -0.1) is 0 Å². The summed E-state index contributed by atoms with van der Waals surface area (Å²) < 4.78 is 11.2. The zero-order chi connectivity index (χ0) is 19.3. The zero-order valence-corrected chi connectivity index (χ0v) is 15.7. The van der Waals surface area contributed by atoms with Crippen molar-refractivity contribution in [2.75, 3.05) is 7.11 Å². The van der Waals surface area contributed by atoms with Gasteiger partial charge in [0.05, 0.1) is 13.2 Å². The quantitative estimate of drug-likeness (QED) is 0.472. The van der Waals surface area contributed by atoms with Crippen LogP contribution in [0.1, 0.15) is 33.3 Å². The van der Waals surface area contributed by atoms with E-state index in [1.165, 1.54) is 12.0 Å². The summed E-state index contributed by atoms with van der Waals surface area (Å²) >= 11 is 0. The molecule has 0 spiro atoms. The molecular weight excluding hydrogens is 340 g/mol. The lowest BCUT2D eigenvalue weighted by Gasteiger charge is -2.32. The van der Waals surface area contributed by atoms with E-state index in [0.717, 1.165) is 5.56 Å². The van der Waals surface area contributed by atoms with Gasteiger partial charge >= 0.3 is 6.09 Å². The molecule has 1 aliphatic heterocycles. The molecule has 144 valence electrons. The molecule has 26 heavy (non-hydrogen) atoms. The molecule has 3 unspecified atom stereocenters. The van der Waals surface area contributed by atoms with Crippen LogP contribution in [0.5, 0.6) is 0 Å². The van der Waals surface area contributed by atoms with Crippen LogP contribution < -0.4 is 5.32 Å². The van der Waals surface area contributed by atoms with Crippen molar-refractivity contribution in [3.63, 3.8) is 0 Å². The van der Waals surface area contributed by atoms with E-state index in [1.54, 1.807) is 27.7 Å². The number of nitrogens with one attached hydrogen (secondary N) is 1. The van der Waals surface area contributed by atoms with E-state index in [-0.39, 0.29) is 6.61 Å². The number of ether oxygens (including phenoxy) is 2. The third-order valence-corrected chi connectivity index (χ3v) is 4.03. The van der Waals surface area contributed by atoms with E-state index in [0.29, 0.717) is 0 Å². The number of hydrogen-bond acceptors (Lipinski definition) is 6. The zero-order valence-electron chi connectivity index (χ0n) is 15.7. The number of nitrogens with zero attached hydrogens (tertiary/aromatic N) is 1. The molecule has 8 nitrogen and oxygen atoms in total. The van der Waals surface area contributed by atoms with Gasteiger partial charge in [0.25, 0.3) is 0 Å². The summed E-state index contributed by atoms with van der Waals surface area (Å²) in [5, 5.41) is 2.63. The van der Waals surface area contributed by atoms with E-state index in [1.807, 2.05) is 30.3 Å². The van der Waals surface area contributed by atoms with E-state index >= 15 is 0 Å². The first kappa shape index (κ1) is 20.2. The molecule has 3 atom stereocenters. The van der Waals surface area contributed by atoms with Crippen molar-refractivity contribution in [2.24, 2.45) is 0 Å². The van der Waals surface area contributed by atoms with Crippen LogP contribution in [0.2, 0.25) is 0 Å². The van der Waals surface area contributed by atoms with Crippen molar-refractivity contribution in [3.05, 3.63) is 35.9 Å². The van der Waals surface area contributed by atoms with Gasteiger partial charge in [0.15, 0.2) is 6.23 Å². The van der Waals surface area contributed by atoms with Gasteiger partial charge in [0.2, 0.25) is 5.91 Å². The van der Waals surface area contributed by atoms with E-state index in [4.69, 9.17) is 14.4 Å². The normalized spacial score (nSPS) is 22.7. The molecule has 2 rings (SSSR count). The molecule has 1 saturated heterocycles. The fraction of sp³-hybridized carbons (Fsp3) is 0.556. The second-order valence-electron chi connectivity index (χ2n) is 6.54. The van der Waals surface area contributed by atoms with Crippen molar-refractivity contribution >= 4 is 12.0 Å². The third kappa shape index (κ3) is 4.72. The number of amides is 2. The van der Waals surface area contributed by atoms with E-state index in [2.05, 4.69) is 10.2 Å². The fourth-order valence-corrected chi connectivity index (χ4v) is 3.03. The highest BCUT2D eigenvalue weighted by atomic mass is 17.2. The van der Waals surface area contributed by atoms with Crippen molar-refractivity contribution in [1.82, 2.24) is 10.2 Å². The van der Waals surface area contributed by atoms with Gasteiger partial charge in [-0.25, -0.2) is 14.6 Å². The maximum atomic E-state index is 12.7. The standard InChI is InChI=1S/C18H26N2O6/c1-12-15(16(21)19-13(2)26-23-5)20(18(3,4)25-12)17(22)24-11-14-9-7-6-8-10-14/h6-10,12-13,15H,11H2,1-5H3,(H,19,21). The van der Waals surface area contributed by atoms with Gasteiger partial charge in [0, 0.05) is 0 Å². The number of carbonyl (C=O) groups is 2. The highest BCUT2D eigenvalue weighted by Crippen LogP contribution is 2.33. The molecule has 0 aliphatic carbocycles. The summed E-state index contributed by atoms with van der Waals surface area (Å²) in [6.45, 7) is 6.90. The minimum absolute atomic E-state index is 0.109. The highest BCUT2D eigenvalue weighted by Gasteiger charge is 2.52. The van der Waals surface area contributed by atoms with Gasteiger partial charge in [-0.05, 0) is 33.3 Å². The third-order valence-electron chi connectivity index (χ3n) is 4.03. The first-order valence-corrected chi connectivity index (χ1v) is 8.44. The number of rotatable bonds is 6. The van der Waals surface area contributed by atoms with Crippen LogP contribution in [-0.4, -0.2) is 48.1 Å². The number of benzene rings is 1. The molecule has 1 heterocycles. The molecule has 0 aromatic heterocycles. The first-order chi connectivity index (χ1) is 12.3. The predicted octanol–water partition coefficient (Wildman–Crippen LogP) is 2.19.